The van der Waals surface area contributed by atoms with E-state index < -0.39 is 0 Å². The van der Waals surface area contributed by atoms with Gasteiger partial charge >= 0.3 is 0 Å². The van der Waals surface area contributed by atoms with Crippen molar-refractivity contribution in [2.24, 2.45) is 0 Å². The predicted octanol–water partition coefficient (Wildman–Crippen LogP) is 3.95. The number of hydrogen-bond acceptors (Lipinski definition) is 2. The molecule has 3 rings (SSSR count). The molecule has 0 unspecified atom stereocenters. The zero-order valence-electron chi connectivity index (χ0n) is 11.2. The summed E-state index contributed by atoms with van der Waals surface area (Å²) in [6.07, 6.45) is 5.78. The first-order valence-electron chi connectivity index (χ1n) is 7.10. The fourth-order valence-electron chi connectivity index (χ4n) is 2.78. The van der Waals surface area contributed by atoms with Crippen molar-refractivity contribution in [2.75, 3.05) is 0 Å². The normalized spacial score (nSPS) is 16.2. The lowest BCUT2D eigenvalue weighted by atomic mass is 9.95. The van der Waals surface area contributed by atoms with E-state index in [1.807, 2.05) is 24.3 Å². The van der Waals surface area contributed by atoms with Gasteiger partial charge in [0.25, 0.3) is 5.91 Å². The van der Waals surface area contributed by atoms with Gasteiger partial charge < -0.3 is 5.32 Å². The molecule has 1 aliphatic carbocycles. The number of nitrogens with zero attached hydrogens (tertiary/aromatic N) is 1. The molecule has 0 bridgehead atoms. The molecule has 0 atom stereocenters. The Balaban J connectivity index is 1.84. The molecule has 1 heterocycles. The third kappa shape index (κ3) is 2.78. The number of pyridine rings is 1. The molecule has 4 heteroatoms. The molecule has 3 nitrogen and oxygen atoms in total. The summed E-state index contributed by atoms with van der Waals surface area (Å²) in [5.74, 6) is -0.121. The van der Waals surface area contributed by atoms with Crippen LogP contribution in [0, 0.1) is 0 Å². The van der Waals surface area contributed by atoms with Crippen molar-refractivity contribution in [3.8, 4) is 0 Å². The van der Waals surface area contributed by atoms with Crippen LogP contribution in [0.4, 0.5) is 0 Å². The number of rotatable bonds is 2. The van der Waals surface area contributed by atoms with Gasteiger partial charge in [-0.15, -0.1) is 0 Å². The topological polar surface area (TPSA) is 42.0 Å². The van der Waals surface area contributed by atoms with Gasteiger partial charge in [0.15, 0.2) is 0 Å². The number of carbonyl (C=O) groups is 1. The van der Waals surface area contributed by atoms with Gasteiger partial charge in [0.1, 0.15) is 10.8 Å². The molecule has 1 amide bonds. The van der Waals surface area contributed by atoms with E-state index in [2.05, 4.69) is 10.3 Å². The minimum absolute atomic E-state index is 0.121. The first kappa shape index (κ1) is 13.4. The van der Waals surface area contributed by atoms with Crippen LogP contribution in [0.3, 0.4) is 0 Å². The highest BCUT2D eigenvalue weighted by Crippen LogP contribution is 2.23. The molecule has 1 saturated carbocycles. The van der Waals surface area contributed by atoms with Crippen molar-refractivity contribution in [1.82, 2.24) is 10.3 Å². The van der Waals surface area contributed by atoms with Crippen LogP contribution in [0.1, 0.15) is 42.6 Å². The predicted molar refractivity (Wildman–Crippen MR) is 81.1 cm³/mol. The van der Waals surface area contributed by atoms with Crippen molar-refractivity contribution >= 4 is 28.3 Å². The maximum absolute atomic E-state index is 12.3. The van der Waals surface area contributed by atoms with Gasteiger partial charge in [-0.1, -0.05) is 55.1 Å². The molecule has 104 valence electrons. The van der Waals surface area contributed by atoms with Crippen molar-refractivity contribution in [1.29, 1.82) is 0 Å². The minimum atomic E-state index is -0.121. The molecule has 1 aromatic heterocycles. The van der Waals surface area contributed by atoms with E-state index in [1.54, 1.807) is 6.07 Å². The van der Waals surface area contributed by atoms with Gasteiger partial charge in [-0.3, -0.25) is 4.79 Å². The van der Waals surface area contributed by atoms with Gasteiger partial charge in [0.2, 0.25) is 0 Å². The summed E-state index contributed by atoms with van der Waals surface area (Å²) in [5, 5.41) is 5.28. The van der Waals surface area contributed by atoms with Crippen molar-refractivity contribution in [2.45, 2.75) is 38.1 Å². The summed E-state index contributed by atoms with van der Waals surface area (Å²) >= 11 is 6.16. The highest BCUT2D eigenvalue weighted by atomic mass is 35.5. The number of fused-ring (bicyclic) bond motifs is 1. The fourth-order valence-corrected chi connectivity index (χ4v) is 3.04. The summed E-state index contributed by atoms with van der Waals surface area (Å²) < 4.78 is 0. The molecule has 1 aliphatic rings. The van der Waals surface area contributed by atoms with Crippen LogP contribution in [-0.4, -0.2) is 16.9 Å². The van der Waals surface area contributed by atoms with Gasteiger partial charge in [0, 0.05) is 11.4 Å². The van der Waals surface area contributed by atoms with Crippen LogP contribution >= 0.6 is 11.6 Å². The Labute approximate surface area is 123 Å². The number of carbonyl (C=O) groups excluding carboxylic acids is 1. The Kier molecular flexibility index (Phi) is 3.88. The minimum Gasteiger partial charge on any atom is -0.348 e. The van der Waals surface area contributed by atoms with E-state index in [4.69, 9.17) is 11.6 Å². The number of hydrogen-bond donors (Lipinski definition) is 1. The molecule has 1 aromatic carbocycles. The third-order valence-electron chi connectivity index (χ3n) is 3.87. The summed E-state index contributed by atoms with van der Waals surface area (Å²) in [4.78, 5) is 16.5. The number of halogens is 1. The fraction of sp³-hybridized carbons (Fsp3) is 0.375. The van der Waals surface area contributed by atoms with Gasteiger partial charge in [0.05, 0.1) is 0 Å². The average Bonchev–Trinajstić information content (AvgIpc) is 2.48. The molecule has 0 radical (unpaired) electrons. The van der Waals surface area contributed by atoms with E-state index in [0.717, 1.165) is 23.6 Å². The van der Waals surface area contributed by atoms with Crippen LogP contribution in [0.2, 0.25) is 5.15 Å². The largest absolute Gasteiger partial charge is 0.348 e. The number of aromatic nitrogens is 1. The molecule has 1 N–H and O–H groups in total. The van der Waals surface area contributed by atoms with Gasteiger partial charge in [-0.2, -0.15) is 0 Å². The second-order valence-corrected chi connectivity index (χ2v) is 5.69. The van der Waals surface area contributed by atoms with Crippen molar-refractivity contribution in [3.05, 3.63) is 41.2 Å². The maximum Gasteiger partial charge on any atom is 0.270 e. The molecular weight excluding hydrogens is 272 g/mol. The second kappa shape index (κ2) is 5.80. The summed E-state index contributed by atoms with van der Waals surface area (Å²) in [6.45, 7) is 0. The highest BCUT2D eigenvalue weighted by molar-refractivity contribution is 6.34. The monoisotopic (exact) mass is 288 g/mol. The van der Waals surface area contributed by atoms with Crippen molar-refractivity contribution < 1.29 is 4.79 Å². The molecule has 0 aliphatic heterocycles. The van der Waals surface area contributed by atoms with E-state index in [1.165, 1.54) is 19.3 Å². The van der Waals surface area contributed by atoms with Crippen LogP contribution in [0.25, 0.3) is 10.8 Å². The standard InChI is InChI=1S/C16H17ClN2O/c17-15-13-9-5-4-6-11(13)10-14(19-15)16(20)18-12-7-2-1-3-8-12/h4-6,9-10,12H,1-3,7-8H2,(H,18,20). The van der Waals surface area contributed by atoms with E-state index in [-0.39, 0.29) is 11.9 Å². The Bertz CT molecular complexity index is 635. The van der Waals surface area contributed by atoms with Crippen LogP contribution < -0.4 is 5.32 Å². The van der Waals surface area contributed by atoms with Crippen LogP contribution in [0.5, 0.6) is 0 Å². The third-order valence-corrected chi connectivity index (χ3v) is 4.16. The lowest BCUT2D eigenvalue weighted by Crippen LogP contribution is -2.36. The van der Waals surface area contributed by atoms with Gasteiger partial charge in [-0.25, -0.2) is 4.98 Å². The van der Waals surface area contributed by atoms with E-state index in [0.29, 0.717) is 10.8 Å². The molecule has 0 spiro atoms. The first-order chi connectivity index (χ1) is 9.74. The Morgan fingerprint density at radius 3 is 2.75 bits per heavy atom. The zero-order chi connectivity index (χ0) is 13.9. The maximum atomic E-state index is 12.3. The van der Waals surface area contributed by atoms with E-state index >= 15 is 0 Å². The zero-order valence-corrected chi connectivity index (χ0v) is 12.0. The molecule has 2 aromatic rings. The summed E-state index contributed by atoms with van der Waals surface area (Å²) in [7, 11) is 0. The SMILES string of the molecule is O=C(NC1CCCCC1)c1cc2ccccc2c(Cl)n1. The van der Waals surface area contributed by atoms with Gasteiger partial charge in [-0.05, 0) is 24.3 Å². The van der Waals surface area contributed by atoms with Crippen LogP contribution in [0.15, 0.2) is 30.3 Å². The molecule has 20 heavy (non-hydrogen) atoms. The van der Waals surface area contributed by atoms with E-state index in [9.17, 15) is 4.79 Å². The highest BCUT2D eigenvalue weighted by Gasteiger charge is 2.18. The second-order valence-electron chi connectivity index (χ2n) is 5.33. The Morgan fingerprint density at radius 1 is 1.20 bits per heavy atom. The summed E-state index contributed by atoms with van der Waals surface area (Å²) in [6, 6.07) is 9.79. The smallest absolute Gasteiger partial charge is 0.270 e. The average molecular weight is 289 g/mol. The quantitative estimate of drug-likeness (QED) is 0.850. The molecule has 0 saturated heterocycles. The number of nitrogens with one attached hydrogen (secondary N) is 1. The lowest BCUT2D eigenvalue weighted by molar-refractivity contribution is 0.0923. The molecular formula is C16H17ClN2O. The number of amides is 1. The first-order valence-corrected chi connectivity index (χ1v) is 7.48. The molecule has 1 fully saturated rings. The Hall–Kier alpha value is -1.61. The van der Waals surface area contributed by atoms with Crippen molar-refractivity contribution in [3.63, 3.8) is 0 Å². The lowest BCUT2D eigenvalue weighted by Gasteiger charge is -2.22. The van der Waals surface area contributed by atoms with Crippen LogP contribution in [-0.2, 0) is 0 Å². The summed E-state index contributed by atoms with van der Waals surface area (Å²) in [5.41, 5.74) is 0.402. The number of benzene rings is 1. The Morgan fingerprint density at radius 2 is 1.95 bits per heavy atom.